The van der Waals surface area contributed by atoms with Gasteiger partial charge in [-0.2, -0.15) is 0 Å². The number of phenolic OH excluding ortho intramolecular Hbond substituents is 1. The third-order valence-corrected chi connectivity index (χ3v) is 3.97. The Labute approximate surface area is 164 Å². The van der Waals surface area contributed by atoms with E-state index in [-0.39, 0.29) is 41.9 Å². The van der Waals surface area contributed by atoms with Gasteiger partial charge in [-0.25, -0.2) is 0 Å². The minimum atomic E-state index is 0. The maximum Gasteiger partial charge on any atom is 3.00 e. The van der Waals surface area contributed by atoms with Crippen LogP contribution in [0.3, 0.4) is 0 Å². The second-order valence-corrected chi connectivity index (χ2v) is 5.21. The third-order valence-electron chi connectivity index (χ3n) is 3.97. The normalized spacial score (nSPS) is 10.1. The SMILES string of the molecule is Oc1ccc2ccccc2c1-c1cccc2ccccc12.[Al+3].[H-].[H-].[H-].[H-].[Li+]. The molecule has 0 bridgehead atoms. The molecule has 0 aliphatic carbocycles. The summed E-state index contributed by atoms with van der Waals surface area (Å²) in [6, 6.07) is 26.4. The first-order valence-electron chi connectivity index (χ1n) is 7.03. The third kappa shape index (κ3) is 3.05. The molecule has 4 aromatic rings. The maximum absolute atomic E-state index is 10.4. The average Bonchev–Trinajstić information content (AvgIpc) is 2.54. The van der Waals surface area contributed by atoms with Gasteiger partial charge in [0, 0.05) is 5.56 Å². The molecular weight excluding hydrogens is 290 g/mol. The van der Waals surface area contributed by atoms with Crippen molar-refractivity contribution in [2.75, 3.05) is 0 Å². The van der Waals surface area contributed by atoms with Crippen molar-refractivity contribution in [1.29, 1.82) is 0 Å². The zero-order valence-corrected chi connectivity index (χ0v) is 14.2. The van der Waals surface area contributed by atoms with E-state index in [1.807, 2.05) is 36.4 Å². The Balaban J connectivity index is -0.000000960. The van der Waals surface area contributed by atoms with E-state index in [9.17, 15) is 5.11 Å². The van der Waals surface area contributed by atoms with Crippen LogP contribution in [-0.4, -0.2) is 22.5 Å². The molecule has 0 spiro atoms. The van der Waals surface area contributed by atoms with E-state index in [1.165, 1.54) is 5.39 Å². The van der Waals surface area contributed by atoms with Crippen LogP contribution < -0.4 is 18.9 Å². The first-order chi connectivity index (χ1) is 10.3. The quantitative estimate of drug-likeness (QED) is 0.536. The molecule has 4 aromatic carbocycles. The zero-order chi connectivity index (χ0) is 14.2. The van der Waals surface area contributed by atoms with Crippen molar-refractivity contribution in [3.05, 3.63) is 78.9 Å². The average molecular weight is 308 g/mol. The fraction of sp³-hybridized carbons (Fsp3) is 0. The molecule has 3 heteroatoms. The summed E-state index contributed by atoms with van der Waals surface area (Å²) in [5, 5.41) is 15.0. The Hall–Kier alpha value is -1.67. The van der Waals surface area contributed by atoms with Gasteiger partial charge < -0.3 is 10.8 Å². The molecule has 0 saturated carbocycles. The topological polar surface area (TPSA) is 20.2 Å². The van der Waals surface area contributed by atoms with Crippen LogP contribution in [-0.2, 0) is 0 Å². The minimum Gasteiger partial charge on any atom is -1.00 e. The van der Waals surface area contributed by atoms with E-state index in [4.69, 9.17) is 0 Å². The molecule has 0 atom stereocenters. The van der Waals surface area contributed by atoms with Gasteiger partial charge in [-0.05, 0) is 33.2 Å². The Morgan fingerprint density at radius 3 is 1.91 bits per heavy atom. The molecule has 0 heterocycles. The van der Waals surface area contributed by atoms with Gasteiger partial charge in [-0.1, -0.05) is 72.8 Å². The van der Waals surface area contributed by atoms with Gasteiger partial charge in [0.05, 0.1) is 0 Å². The summed E-state index contributed by atoms with van der Waals surface area (Å²) in [7, 11) is 0. The van der Waals surface area contributed by atoms with E-state index >= 15 is 0 Å². The molecule has 4 rings (SSSR count). The Morgan fingerprint density at radius 1 is 0.609 bits per heavy atom. The number of hydrogen-bond acceptors (Lipinski definition) is 1. The number of hydrogen-bond donors (Lipinski definition) is 1. The Bertz CT molecular complexity index is 977. The molecule has 0 amide bonds. The van der Waals surface area contributed by atoms with Gasteiger partial charge in [0.1, 0.15) is 5.75 Å². The fourth-order valence-electron chi connectivity index (χ4n) is 2.99. The van der Waals surface area contributed by atoms with Crippen molar-refractivity contribution in [3.8, 4) is 16.9 Å². The second-order valence-electron chi connectivity index (χ2n) is 5.21. The fourth-order valence-corrected chi connectivity index (χ4v) is 2.99. The number of phenols is 1. The van der Waals surface area contributed by atoms with Gasteiger partial charge in [0.25, 0.3) is 0 Å². The molecular formula is C20H18AlLiO. The van der Waals surface area contributed by atoms with Crippen LogP contribution in [0.4, 0.5) is 0 Å². The first-order valence-corrected chi connectivity index (χ1v) is 7.03. The Morgan fingerprint density at radius 2 is 1.17 bits per heavy atom. The van der Waals surface area contributed by atoms with Crippen LogP contribution in [0.2, 0.25) is 0 Å². The van der Waals surface area contributed by atoms with Crippen molar-refractivity contribution in [2.45, 2.75) is 0 Å². The summed E-state index contributed by atoms with van der Waals surface area (Å²) < 4.78 is 0. The number of rotatable bonds is 1. The smallest absolute Gasteiger partial charge is 1.00 e. The summed E-state index contributed by atoms with van der Waals surface area (Å²) in [6.07, 6.45) is 0. The van der Waals surface area contributed by atoms with Crippen LogP contribution >= 0.6 is 0 Å². The van der Waals surface area contributed by atoms with Gasteiger partial charge in [0.15, 0.2) is 0 Å². The van der Waals surface area contributed by atoms with Crippen molar-refractivity contribution < 1.29 is 29.7 Å². The molecule has 0 radical (unpaired) electrons. The van der Waals surface area contributed by atoms with E-state index in [2.05, 4.69) is 36.4 Å². The molecule has 0 saturated heterocycles. The molecule has 108 valence electrons. The summed E-state index contributed by atoms with van der Waals surface area (Å²) in [5.74, 6) is 0.324. The van der Waals surface area contributed by atoms with Crippen LogP contribution in [0.25, 0.3) is 32.7 Å². The number of aromatic hydroxyl groups is 1. The van der Waals surface area contributed by atoms with E-state index in [0.29, 0.717) is 5.75 Å². The molecule has 0 aliphatic heterocycles. The zero-order valence-electron chi connectivity index (χ0n) is 17.0. The predicted molar refractivity (Wildman–Crippen MR) is 98.8 cm³/mol. The molecule has 1 N–H and O–H groups in total. The van der Waals surface area contributed by atoms with Gasteiger partial charge >= 0.3 is 36.2 Å². The van der Waals surface area contributed by atoms with Crippen molar-refractivity contribution in [3.63, 3.8) is 0 Å². The van der Waals surface area contributed by atoms with Crippen LogP contribution in [0.5, 0.6) is 5.75 Å². The summed E-state index contributed by atoms with van der Waals surface area (Å²) in [4.78, 5) is 0. The first kappa shape index (κ1) is 17.7. The van der Waals surface area contributed by atoms with Crippen LogP contribution in [0.15, 0.2) is 78.9 Å². The van der Waals surface area contributed by atoms with Crippen LogP contribution in [0.1, 0.15) is 5.71 Å². The molecule has 0 unspecified atom stereocenters. The standard InChI is InChI=1S/C20H14O.Al.Li.4H/c21-19-13-12-15-7-2-4-10-17(15)20(19)18-11-5-8-14-6-1-3-9-16(14)18;;;;;;/h1-13,21H;;;;;;/q;+3;+1;4*-1. The Kier molecular flexibility index (Phi) is 5.59. The summed E-state index contributed by atoms with van der Waals surface area (Å²) in [6.45, 7) is 0. The molecule has 0 aliphatic rings. The summed E-state index contributed by atoms with van der Waals surface area (Å²) in [5.41, 5.74) is 1.98. The molecule has 0 fully saturated rings. The van der Waals surface area contributed by atoms with Crippen molar-refractivity contribution in [1.82, 2.24) is 0 Å². The van der Waals surface area contributed by atoms with Gasteiger partial charge in [-0.15, -0.1) is 0 Å². The minimum absolute atomic E-state index is 0. The molecule has 0 aromatic heterocycles. The monoisotopic (exact) mass is 308 g/mol. The van der Waals surface area contributed by atoms with E-state index in [0.717, 1.165) is 27.3 Å². The van der Waals surface area contributed by atoms with E-state index in [1.54, 1.807) is 6.07 Å². The largest absolute Gasteiger partial charge is 3.00 e. The van der Waals surface area contributed by atoms with Gasteiger partial charge in [-0.3, -0.25) is 0 Å². The van der Waals surface area contributed by atoms with Crippen molar-refractivity contribution >= 4 is 38.9 Å². The predicted octanol–water partition coefficient (Wildman–Crippen LogP) is 2.44. The summed E-state index contributed by atoms with van der Waals surface area (Å²) >= 11 is 0. The molecule has 1 nitrogen and oxygen atoms in total. The number of fused-ring (bicyclic) bond motifs is 2. The van der Waals surface area contributed by atoms with Crippen molar-refractivity contribution in [2.24, 2.45) is 0 Å². The van der Waals surface area contributed by atoms with Crippen LogP contribution in [0, 0.1) is 0 Å². The van der Waals surface area contributed by atoms with Gasteiger partial charge in [0.2, 0.25) is 0 Å². The number of benzene rings is 4. The molecule has 23 heavy (non-hydrogen) atoms. The second kappa shape index (κ2) is 7.27. The maximum atomic E-state index is 10.4. The van der Waals surface area contributed by atoms with E-state index < -0.39 is 0 Å².